The maximum atomic E-state index is 5.48. The van der Waals surface area contributed by atoms with Crippen molar-refractivity contribution in [2.45, 2.75) is 32.4 Å². The van der Waals surface area contributed by atoms with Crippen LogP contribution in [-0.4, -0.2) is 9.97 Å². The lowest BCUT2D eigenvalue weighted by atomic mass is 10.0. The smallest absolute Gasteiger partial charge is 0.219 e. The number of aromatic nitrogens is 2. The minimum Gasteiger partial charge on any atom is -0.368 e. The number of hydrogen-bond donors (Lipinski definition) is 2. The number of rotatable bonds is 6. The zero-order valence-corrected chi connectivity index (χ0v) is 11.2. The minimum atomic E-state index is 0.317. The van der Waals surface area contributed by atoms with Gasteiger partial charge in [-0.25, -0.2) is 9.97 Å². The molecule has 0 amide bonds. The van der Waals surface area contributed by atoms with Gasteiger partial charge in [-0.3, -0.25) is 0 Å². The third-order valence-electron chi connectivity index (χ3n) is 3.06. The second kappa shape index (κ2) is 6.85. The topological polar surface area (TPSA) is 63.8 Å². The van der Waals surface area contributed by atoms with Gasteiger partial charge in [0.1, 0.15) is 0 Å². The first-order valence-corrected chi connectivity index (χ1v) is 6.64. The molecule has 0 saturated carbocycles. The van der Waals surface area contributed by atoms with Gasteiger partial charge in [0.2, 0.25) is 5.95 Å². The second-order valence-corrected chi connectivity index (χ2v) is 4.58. The summed E-state index contributed by atoms with van der Waals surface area (Å²) in [5.74, 6) is 0.317. The Hall–Kier alpha value is -1.94. The van der Waals surface area contributed by atoms with Gasteiger partial charge in [-0.05, 0) is 12.0 Å². The van der Waals surface area contributed by atoms with Crippen LogP contribution in [0.1, 0.15) is 36.9 Å². The van der Waals surface area contributed by atoms with Crippen LogP contribution in [0.4, 0.5) is 5.95 Å². The molecule has 100 valence electrons. The van der Waals surface area contributed by atoms with E-state index in [2.05, 4.69) is 46.5 Å². The Kier molecular flexibility index (Phi) is 4.86. The number of nitrogens with one attached hydrogen (secondary N) is 1. The van der Waals surface area contributed by atoms with Gasteiger partial charge in [0.05, 0.1) is 0 Å². The molecule has 19 heavy (non-hydrogen) atoms. The molecule has 0 aliphatic rings. The lowest BCUT2D eigenvalue weighted by Crippen LogP contribution is -2.21. The third kappa shape index (κ3) is 4.03. The summed E-state index contributed by atoms with van der Waals surface area (Å²) in [5, 5.41) is 3.55. The van der Waals surface area contributed by atoms with Crippen LogP contribution in [0.3, 0.4) is 0 Å². The van der Waals surface area contributed by atoms with Crippen molar-refractivity contribution in [2.75, 3.05) is 5.73 Å². The molecule has 1 unspecified atom stereocenters. The van der Waals surface area contributed by atoms with Crippen LogP contribution in [-0.2, 0) is 6.54 Å². The molecule has 2 aromatic rings. The summed E-state index contributed by atoms with van der Waals surface area (Å²) in [6, 6.07) is 10.9. The predicted octanol–water partition coefficient (Wildman–Crippen LogP) is 2.69. The fourth-order valence-corrected chi connectivity index (χ4v) is 2.06. The van der Waals surface area contributed by atoms with E-state index in [1.165, 1.54) is 5.56 Å². The minimum absolute atomic E-state index is 0.317. The zero-order chi connectivity index (χ0) is 13.5. The van der Waals surface area contributed by atoms with Crippen molar-refractivity contribution in [3.8, 4) is 0 Å². The lowest BCUT2D eigenvalue weighted by Gasteiger charge is -2.18. The van der Waals surface area contributed by atoms with E-state index in [1.807, 2.05) is 6.07 Å². The molecule has 1 aromatic carbocycles. The summed E-state index contributed by atoms with van der Waals surface area (Å²) in [4.78, 5) is 8.00. The van der Waals surface area contributed by atoms with Gasteiger partial charge >= 0.3 is 0 Å². The SMILES string of the molecule is CCCC(NCc1cnc(N)nc1)c1ccccc1. The summed E-state index contributed by atoms with van der Waals surface area (Å²) >= 11 is 0. The Morgan fingerprint density at radius 1 is 1.16 bits per heavy atom. The Bertz CT molecular complexity index is 481. The number of anilines is 1. The standard InChI is InChI=1S/C15H20N4/c1-2-6-14(13-7-4-3-5-8-13)17-9-12-10-18-15(16)19-11-12/h3-5,7-8,10-11,14,17H,2,6,9H2,1H3,(H2,16,18,19). The van der Waals surface area contributed by atoms with E-state index in [0.29, 0.717) is 12.0 Å². The normalized spacial score (nSPS) is 12.3. The van der Waals surface area contributed by atoms with Gasteiger partial charge in [-0.15, -0.1) is 0 Å². The lowest BCUT2D eigenvalue weighted by molar-refractivity contribution is 0.492. The van der Waals surface area contributed by atoms with Crippen molar-refractivity contribution in [1.29, 1.82) is 0 Å². The molecular formula is C15H20N4. The molecule has 2 rings (SSSR count). The van der Waals surface area contributed by atoms with Crippen LogP contribution in [0.5, 0.6) is 0 Å². The highest BCUT2D eigenvalue weighted by Gasteiger charge is 2.09. The summed E-state index contributed by atoms with van der Waals surface area (Å²) in [6.45, 7) is 2.95. The van der Waals surface area contributed by atoms with Gasteiger partial charge in [-0.1, -0.05) is 43.7 Å². The molecule has 4 heteroatoms. The number of hydrogen-bond acceptors (Lipinski definition) is 4. The molecule has 0 spiro atoms. The highest BCUT2D eigenvalue weighted by atomic mass is 15.0. The number of nitrogens with two attached hydrogens (primary N) is 1. The van der Waals surface area contributed by atoms with E-state index >= 15 is 0 Å². The van der Waals surface area contributed by atoms with Crippen LogP contribution < -0.4 is 11.1 Å². The monoisotopic (exact) mass is 256 g/mol. The van der Waals surface area contributed by atoms with E-state index in [-0.39, 0.29) is 0 Å². The van der Waals surface area contributed by atoms with Gasteiger partial charge in [0.25, 0.3) is 0 Å². The fraction of sp³-hybridized carbons (Fsp3) is 0.333. The van der Waals surface area contributed by atoms with Crippen LogP contribution in [0.2, 0.25) is 0 Å². The van der Waals surface area contributed by atoms with Crippen molar-refractivity contribution in [3.63, 3.8) is 0 Å². The first kappa shape index (κ1) is 13.5. The average molecular weight is 256 g/mol. The molecule has 0 bridgehead atoms. The van der Waals surface area contributed by atoms with Gasteiger partial charge in [0.15, 0.2) is 0 Å². The Balaban J connectivity index is 1.99. The van der Waals surface area contributed by atoms with Crippen molar-refractivity contribution >= 4 is 5.95 Å². The molecular weight excluding hydrogens is 236 g/mol. The molecule has 0 radical (unpaired) electrons. The second-order valence-electron chi connectivity index (χ2n) is 4.58. The molecule has 3 N–H and O–H groups in total. The van der Waals surface area contributed by atoms with E-state index in [1.54, 1.807) is 12.4 Å². The summed E-state index contributed by atoms with van der Waals surface area (Å²) in [5.41, 5.74) is 7.85. The summed E-state index contributed by atoms with van der Waals surface area (Å²) in [6.07, 6.45) is 5.79. The zero-order valence-electron chi connectivity index (χ0n) is 11.2. The maximum Gasteiger partial charge on any atom is 0.219 e. The van der Waals surface area contributed by atoms with E-state index < -0.39 is 0 Å². The Labute approximate surface area is 114 Å². The van der Waals surface area contributed by atoms with Crippen molar-refractivity contribution in [1.82, 2.24) is 15.3 Å². The predicted molar refractivity (Wildman–Crippen MR) is 77.4 cm³/mol. The first-order chi connectivity index (χ1) is 9.29. The first-order valence-electron chi connectivity index (χ1n) is 6.64. The van der Waals surface area contributed by atoms with Crippen molar-refractivity contribution < 1.29 is 0 Å². The Morgan fingerprint density at radius 3 is 2.47 bits per heavy atom. The number of nitrogen functional groups attached to an aromatic ring is 1. The fourth-order valence-electron chi connectivity index (χ4n) is 2.06. The van der Waals surface area contributed by atoms with Crippen LogP contribution in [0.15, 0.2) is 42.7 Å². The van der Waals surface area contributed by atoms with Crippen LogP contribution in [0, 0.1) is 0 Å². The molecule has 4 nitrogen and oxygen atoms in total. The van der Waals surface area contributed by atoms with Gasteiger partial charge in [-0.2, -0.15) is 0 Å². The number of benzene rings is 1. The highest BCUT2D eigenvalue weighted by molar-refractivity contribution is 5.20. The van der Waals surface area contributed by atoms with Crippen molar-refractivity contribution in [3.05, 3.63) is 53.9 Å². The third-order valence-corrected chi connectivity index (χ3v) is 3.06. The quantitative estimate of drug-likeness (QED) is 0.834. The van der Waals surface area contributed by atoms with Crippen LogP contribution >= 0.6 is 0 Å². The molecule has 1 aromatic heterocycles. The largest absolute Gasteiger partial charge is 0.368 e. The molecule has 0 fully saturated rings. The molecule has 0 saturated heterocycles. The van der Waals surface area contributed by atoms with E-state index in [0.717, 1.165) is 24.9 Å². The summed E-state index contributed by atoms with van der Waals surface area (Å²) < 4.78 is 0. The molecule has 1 heterocycles. The molecule has 1 atom stereocenters. The van der Waals surface area contributed by atoms with E-state index in [9.17, 15) is 0 Å². The maximum absolute atomic E-state index is 5.48. The van der Waals surface area contributed by atoms with Crippen LogP contribution in [0.25, 0.3) is 0 Å². The molecule has 0 aliphatic carbocycles. The van der Waals surface area contributed by atoms with Crippen molar-refractivity contribution in [2.24, 2.45) is 0 Å². The average Bonchev–Trinajstić information content (AvgIpc) is 2.46. The molecule has 0 aliphatic heterocycles. The summed E-state index contributed by atoms with van der Waals surface area (Å²) in [7, 11) is 0. The van der Waals surface area contributed by atoms with Gasteiger partial charge in [0, 0.05) is 30.5 Å². The van der Waals surface area contributed by atoms with Gasteiger partial charge < -0.3 is 11.1 Å². The Morgan fingerprint density at radius 2 is 1.84 bits per heavy atom. The number of nitrogens with zero attached hydrogens (tertiary/aromatic N) is 2. The highest BCUT2D eigenvalue weighted by Crippen LogP contribution is 2.18. The van der Waals surface area contributed by atoms with E-state index in [4.69, 9.17) is 5.73 Å².